The number of nitrogens with zero attached hydrogens (tertiary/aromatic N) is 1. The summed E-state index contributed by atoms with van der Waals surface area (Å²) in [7, 11) is 2.81. The number of amides is 1. The number of methoxy groups -OCH3 is 2. The van der Waals surface area contributed by atoms with E-state index in [2.05, 4.69) is 0 Å². The van der Waals surface area contributed by atoms with Crippen LogP contribution >= 0.6 is 11.6 Å². The molecule has 1 amide bonds. The Hall–Kier alpha value is -1.75. The summed E-state index contributed by atoms with van der Waals surface area (Å²) in [6, 6.07) is 4.31. The molecule has 1 aromatic carbocycles. The highest BCUT2D eigenvalue weighted by molar-refractivity contribution is 6.31. The number of halogens is 1. The summed E-state index contributed by atoms with van der Waals surface area (Å²) < 4.78 is 9.92. The lowest BCUT2D eigenvalue weighted by Crippen LogP contribution is -2.41. The zero-order valence-electron chi connectivity index (χ0n) is 11.4. The maximum absolute atomic E-state index is 12.6. The summed E-state index contributed by atoms with van der Waals surface area (Å²) in [4.78, 5) is 25.8. The molecule has 0 saturated carbocycles. The van der Waals surface area contributed by atoms with Crippen molar-refractivity contribution in [2.75, 3.05) is 20.8 Å². The van der Waals surface area contributed by atoms with Gasteiger partial charge in [0, 0.05) is 11.6 Å². The SMILES string of the molecule is COC(=O)C1CCCN1C(=O)c1cc(Cl)ccc1OC. The smallest absolute Gasteiger partial charge is 0.328 e. The van der Waals surface area contributed by atoms with Crippen LogP contribution in [0.3, 0.4) is 0 Å². The van der Waals surface area contributed by atoms with Gasteiger partial charge in [0.2, 0.25) is 0 Å². The molecule has 20 heavy (non-hydrogen) atoms. The molecule has 1 heterocycles. The first-order valence-electron chi connectivity index (χ1n) is 6.30. The van der Waals surface area contributed by atoms with Crippen LogP contribution in [-0.2, 0) is 9.53 Å². The van der Waals surface area contributed by atoms with Crippen LogP contribution in [0.4, 0.5) is 0 Å². The first kappa shape index (κ1) is 14.7. The van der Waals surface area contributed by atoms with Crippen molar-refractivity contribution in [2.24, 2.45) is 0 Å². The van der Waals surface area contributed by atoms with Gasteiger partial charge >= 0.3 is 5.97 Å². The second-order valence-corrected chi connectivity index (χ2v) is 4.96. The molecule has 0 N–H and O–H groups in total. The molecule has 1 aliphatic heterocycles. The lowest BCUT2D eigenvalue weighted by Gasteiger charge is -2.23. The molecule has 1 atom stereocenters. The second-order valence-electron chi connectivity index (χ2n) is 4.52. The van der Waals surface area contributed by atoms with Crippen LogP contribution in [0.5, 0.6) is 5.75 Å². The highest BCUT2D eigenvalue weighted by atomic mass is 35.5. The number of esters is 1. The van der Waals surface area contributed by atoms with E-state index in [1.807, 2.05) is 0 Å². The fourth-order valence-corrected chi connectivity index (χ4v) is 2.57. The van der Waals surface area contributed by atoms with E-state index in [1.54, 1.807) is 18.2 Å². The summed E-state index contributed by atoms with van der Waals surface area (Å²) in [6.45, 7) is 0.522. The predicted octanol–water partition coefficient (Wildman–Crippen LogP) is 2.13. The topological polar surface area (TPSA) is 55.8 Å². The van der Waals surface area contributed by atoms with E-state index in [4.69, 9.17) is 21.1 Å². The molecule has 1 saturated heterocycles. The van der Waals surface area contributed by atoms with Crippen LogP contribution in [0, 0.1) is 0 Å². The van der Waals surface area contributed by atoms with Crippen molar-refractivity contribution in [1.29, 1.82) is 0 Å². The number of ether oxygens (including phenoxy) is 2. The quantitative estimate of drug-likeness (QED) is 0.802. The third-order valence-electron chi connectivity index (χ3n) is 3.38. The van der Waals surface area contributed by atoms with Crippen molar-refractivity contribution in [1.82, 2.24) is 4.90 Å². The first-order valence-corrected chi connectivity index (χ1v) is 6.68. The number of likely N-dealkylation sites (tertiary alicyclic amines) is 1. The Morgan fingerprint density at radius 3 is 2.75 bits per heavy atom. The number of carbonyl (C=O) groups excluding carboxylic acids is 2. The molecule has 0 aromatic heterocycles. The molecule has 5 nitrogen and oxygen atoms in total. The molecule has 0 aliphatic carbocycles. The summed E-state index contributed by atoms with van der Waals surface area (Å²) in [5, 5.41) is 0.447. The normalized spacial score (nSPS) is 17.9. The molecule has 6 heteroatoms. The molecule has 1 aliphatic rings. The van der Waals surface area contributed by atoms with Gasteiger partial charge in [-0.1, -0.05) is 11.6 Å². The fraction of sp³-hybridized carbons (Fsp3) is 0.429. The summed E-state index contributed by atoms with van der Waals surface area (Å²) in [5.74, 6) is -0.219. The zero-order valence-corrected chi connectivity index (χ0v) is 12.1. The molecule has 108 valence electrons. The molecule has 1 aromatic rings. The van der Waals surface area contributed by atoms with Crippen molar-refractivity contribution in [3.05, 3.63) is 28.8 Å². The van der Waals surface area contributed by atoms with Crippen LogP contribution in [0.25, 0.3) is 0 Å². The van der Waals surface area contributed by atoms with E-state index in [1.165, 1.54) is 19.1 Å². The van der Waals surface area contributed by atoms with Gasteiger partial charge in [-0.25, -0.2) is 4.79 Å². The van der Waals surface area contributed by atoms with Gasteiger partial charge in [0.1, 0.15) is 11.8 Å². The second kappa shape index (κ2) is 6.13. The third kappa shape index (κ3) is 2.72. The van der Waals surface area contributed by atoms with E-state index in [0.29, 0.717) is 29.3 Å². The van der Waals surface area contributed by atoms with Gasteiger partial charge in [0.05, 0.1) is 19.8 Å². The number of hydrogen-bond acceptors (Lipinski definition) is 4. The average Bonchev–Trinajstić information content (AvgIpc) is 2.95. The van der Waals surface area contributed by atoms with Gasteiger partial charge in [0.25, 0.3) is 5.91 Å². The monoisotopic (exact) mass is 297 g/mol. The Balaban J connectivity index is 2.31. The zero-order chi connectivity index (χ0) is 14.7. The molecule has 0 spiro atoms. The Labute approximate surface area is 122 Å². The van der Waals surface area contributed by atoms with E-state index in [0.717, 1.165) is 6.42 Å². The maximum atomic E-state index is 12.6. The van der Waals surface area contributed by atoms with Crippen LogP contribution in [0.2, 0.25) is 5.02 Å². The number of benzene rings is 1. The Morgan fingerprint density at radius 2 is 2.10 bits per heavy atom. The van der Waals surface area contributed by atoms with Gasteiger partial charge in [-0.15, -0.1) is 0 Å². The summed E-state index contributed by atoms with van der Waals surface area (Å²) in [6.07, 6.45) is 1.38. The van der Waals surface area contributed by atoms with Crippen LogP contribution in [0.15, 0.2) is 18.2 Å². The number of rotatable bonds is 3. The minimum atomic E-state index is -0.531. The maximum Gasteiger partial charge on any atom is 0.328 e. The van der Waals surface area contributed by atoms with E-state index >= 15 is 0 Å². The van der Waals surface area contributed by atoms with Crippen molar-refractivity contribution in [3.63, 3.8) is 0 Å². The number of carbonyl (C=O) groups is 2. The average molecular weight is 298 g/mol. The van der Waals surface area contributed by atoms with Crippen molar-refractivity contribution < 1.29 is 19.1 Å². The van der Waals surface area contributed by atoms with Gasteiger partial charge in [-0.2, -0.15) is 0 Å². The summed E-state index contributed by atoms with van der Waals surface area (Å²) in [5.41, 5.74) is 0.357. The molecular formula is C14H16ClNO4. The van der Waals surface area contributed by atoms with Crippen LogP contribution in [0.1, 0.15) is 23.2 Å². The predicted molar refractivity (Wildman–Crippen MR) is 74.1 cm³/mol. The fourth-order valence-electron chi connectivity index (χ4n) is 2.39. The lowest BCUT2D eigenvalue weighted by atomic mass is 10.1. The van der Waals surface area contributed by atoms with Gasteiger partial charge in [0.15, 0.2) is 0 Å². The molecule has 1 unspecified atom stereocenters. The van der Waals surface area contributed by atoms with Crippen molar-refractivity contribution in [2.45, 2.75) is 18.9 Å². The Kier molecular flexibility index (Phi) is 4.49. The summed E-state index contributed by atoms with van der Waals surface area (Å²) >= 11 is 5.93. The Morgan fingerprint density at radius 1 is 1.35 bits per heavy atom. The van der Waals surface area contributed by atoms with Crippen LogP contribution < -0.4 is 4.74 Å². The van der Waals surface area contributed by atoms with E-state index < -0.39 is 12.0 Å². The number of hydrogen-bond donors (Lipinski definition) is 0. The van der Waals surface area contributed by atoms with Crippen molar-refractivity contribution >= 4 is 23.5 Å². The minimum absolute atomic E-state index is 0.266. The highest BCUT2D eigenvalue weighted by Gasteiger charge is 2.36. The molecule has 2 rings (SSSR count). The van der Waals surface area contributed by atoms with Gasteiger partial charge < -0.3 is 14.4 Å². The molecular weight excluding hydrogens is 282 g/mol. The largest absolute Gasteiger partial charge is 0.496 e. The molecule has 0 radical (unpaired) electrons. The first-order chi connectivity index (χ1) is 9.58. The lowest BCUT2D eigenvalue weighted by molar-refractivity contribution is -0.145. The molecule has 0 bridgehead atoms. The van der Waals surface area contributed by atoms with Gasteiger partial charge in [-0.05, 0) is 31.0 Å². The molecule has 1 fully saturated rings. The van der Waals surface area contributed by atoms with Crippen LogP contribution in [-0.4, -0.2) is 43.6 Å². The standard InChI is InChI=1S/C14H16ClNO4/c1-19-12-6-5-9(15)8-10(12)13(17)16-7-3-4-11(16)14(18)20-2/h5-6,8,11H,3-4,7H2,1-2H3. The van der Waals surface area contributed by atoms with E-state index in [9.17, 15) is 9.59 Å². The third-order valence-corrected chi connectivity index (χ3v) is 3.61. The Bertz CT molecular complexity index is 532. The van der Waals surface area contributed by atoms with Gasteiger partial charge in [-0.3, -0.25) is 4.79 Å². The highest BCUT2D eigenvalue weighted by Crippen LogP contribution is 2.27. The minimum Gasteiger partial charge on any atom is -0.496 e. The van der Waals surface area contributed by atoms with Crippen molar-refractivity contribution in [3.8, 4) is 5.75 Å². The van der Waals surface area contributed by atoms with E-state index in [-0.39, 0.29) is 5.91 Å².